The van der Waals surface area contributed by atoms with Crippen molar-refractivity contribution in [3.8, 4) is 5.88 Å². The van der Waals surface area contributed by atoms with Crippen molar-refractivity contribution < 1.29 is 9.47 Å². The fourth-order valence-corrected chi connectivity index (χ4v) is 5.43. The molecule has 0 aliphatic heterocycles. The van der Waals surface area contributed by atoms with Crippen LogP contribution in [-0.4, -0.2) is 29.3 Å². The van der Waals surface area contributed by atoms with Crippen LogP contribution in [0, 0.1) is 0 Å². The van der Waals surface area contributed by atoms with Gasteiger partial charge in [-0.05, 0) is 63.4 Å². The molecule has 4 rings (SSSR count). The summed E-state index contributed by atoms with van der Waals surface area (Å²) in [7, 11) is 1.80. The predicted molar refractivity (Wildman–Crippen MR) is 97.1 cm³/mol. The monoisotopic (exact) mass is 346 g/mol. The zero-order valence-electron chi connectivity index (χ0n) is 14.6. The molecule has 24 heavy (non-hydrogen) atoms. The Bertz CT molecular complexity index is 709. The summed E-state index contributed by atoms with van der Waals surface area (Å²) in [5.74, 6) is 1.37. The van der Waals surface area contributed by atoms with Crippen LogP contribution in [0.5, 0.6) is 5.88 Å². The molecule has 2 aliphatic rings. The molecule has 1 fully saturated rings. The predicted octanol–water partition coefficient (Wildman–Crippen LogP) is 4.86. The van der Waals surface area contributed by atoms with Crippen molar-refractivity contribution >= 4 is 21.6 Å². The van der Waals surface area contributed by atoms with Crippen molar-refractivity contribution in [3.05, 3.63) is 16.8 Å². The number of hydrogen-bond donors (Lipinski definition) is 0. The Balaban J connectivity index is 1.68. The van der Waals surface area contributed by atoms with E-state index >= 15 is 0 Å². The molecule has 0 spiro atoms. The Morgan fingerprint density at radius 1 is 1.21 bits per heavy atom. The van der Waals surface area contributed by atoms with Crippen molar-refractivity contribution in [1.82, 2.24) is 9.97 Å². The first-order valence-electron chi connectivity index (χ1n) is 9.22. The lowest BCUT2D eigenvalue weighted by atomic mass is 9.95. The zero-order valence-corrected chi connectivity index (χ0v) is 15.4. The molecule has 2 aromatic rings. The van der Waals surface area contributed by atoms with Gasteiger partial charge in [-0.2, -0.15) is 0 Å². The number of rotatable bonds is 5. The second kappa shape index (κ2) is 6.96. The van der Waals surface area contributed by atoms with Gasteiger partial charge in [0.05, 0.1) is 11.5 Å². The third kappa shape index (κ3) is 3.04. The van der Waals surface area contributed by atoms with Gasteiger partial charge in [0, 0.05) is 12.0 Å². The molecular formula is C19H26N2O2S. The SMILES string of the molecule is COC(C)CC1CCc2sc3ncnc(OC4CCCCC4)c3c21. The molecule has 0 aromatic carbocycles. The van der Waals surface area contributed by atoms with Crippen LogP contribution in [0.25, 0.3) is 10.2 Å². The van der Waals surface area contributed by atoms with Crippen LogP contribution in [0.15, 0.2) is 6.33 Å². The summed E-state index contributed by atoms with van der Waals surface area (Å²) in [5, 5.41) is 1.19. The topological polar surface area (TPSA) is 44.2 Å². The van der Waals surface area contributed by atoms with Gasteiger partial charge < -0.3 is 9.47 Å². The lowest BCUT2D eigenvalue weighted by Gasteiger charge is -2.23. The molecule has 2 heterocycles. The summed E-state index contributed by atoms with van der Waals surface area (Å²) in [6, 6.07) is 0. The van der Waals surface area contributed by atoms with Gasteiger partial charge in [-0.25, -0.2) is 9.97 Å². The van der Waals surface area contributed by atoms with Gasteiger partial charge >= 0.3 is 0 Å². The molecule has 0 radical (unpaired) electrons. The third-order valence-electron chi connectivity index (χ3n) is 5.54. The van der Waals surface area contributed by atoms with Gasteiger partial charge in [0.1, 0.15) is 17.3 Å². The standard InChI is InChI=1S/C19H26N2O2S/c1-12(22-2)10-13-8-9-15-16(13)17-18(20-11-21-19(17)24-15)23-14-6-4-3-5-7-14/h11-14H,3-10H2,1-2H3. The van der Waals surface area contributed by atoms with E-state index in [9.17, 15) is 0 Å². The summed E-state index contributed by atoms with van der Waals surface area (Å²) in [4.78, 5) is 11.6. The lowest BCUT2D eigenvalue weighted by molar-refractivity contribution is 0.104. The first-order chi connectivity index (χ1) is 11.8. The third-order valence-corrected chi connectivity index (χ3v) is 6.72. The number of nitrogens with zero attached hydrogens (tertiary/aromatic N) is 2. The number of aromatic nitrogens is 2. The van der Waals surface area contributed by atoms with Crippen LogP contribution in [0.4, 0.5) is 0 Å². The Morgan fingerprint density at radius 2 is 2.04 bits per heavy atom. The maximum Gasteiger partial charge on any atom is 0.225 e. The van der Waals surface area contributed by atoms with Gasteiger partial charge in [0.15, 0.2) is 0 Å². The Hall–Kier alpha value is -1.20. The van der Waals surface area contributed by atoms with Crippen LogP contribution in [0.2, 0.25) is 0 Å². The van der Waals surface area contributed by atoms with Crippen molar-refractivity contribution in [1.29, 1.82) is 0 Å². The molecule has 130 valence electrons. The number of aryl methyl sites for hydroxylation is 1. The van der Waals surface area contributed by atoms with Crippen LogP contribution >= 0.6 is 11.3 Å². The van der Waals surface area contributed by atoms with E-state index in [1.54, 1.807) is 13.4 Å². The van der Waals surface area contributed by atoms with E-state index in [1.165, 1.54) is 41.5 Å². The number of thiophene rings is 1. The number of fused-ring (bicyclic) bond motifs is 3. The highest BCUT2D eigenvalue weighted by atomic mass is 32.1. The Labute approximate surface area is 147 Å². The lowest BCUT2D eigenvalue weighted by Crippen LogP contribution is -2.20. The van der Waals surface area contributed by atoms with Gasteiger partial charge in [-0.15, -0.1) is 11.3 Å². The van der Waals surface area contributed by atoms with E-state index in [0.717, 1.165) is 36.4 Å². The van der Waals surface area contributed by atoms with Crippen molar-refractivity contribution in [3.63, 3.8) is 0 Å². The molecule has 2 aromatic heterocycles. The van der Waals surface area contributed by atoms with Crippen LogP contribution in [0.1, 0.15) is 68.2 Å². The second-order valence-electron chi connectivity index (χ2n) is 7.19. The molecule has 0 N–H and O–H groups in total. The van der Waals surface area contributed by atoms with Gasteiger partial charge in [0.25, 0.3) is 0 Å². The minimum atomic E-state index is 0.281. The second-order valence-corrected chi connectivity index (χ2v) is 8.28. The average Bonchev–Trinajstić information content (AvgIpc) is 3.16. The van der Waals surface area contributed by atoms with E-state index in [4.69, 9.17) is 9.47 Å². The molecule has 2 unspecified atom stereocenters. The minimum Gasteiger partial charge on any atom is -0.474 e. The van der Waals surface area contributed by atoms with E-state index < -0.39 is 0 Å². The van der Waals surface area contributed by atoms with E-state index in [0.29, 0.717) is 12.0 Å². The largest absolute Gasteiger partial charge is 0.474 e. The quantitative estimate of drug-likeness (QED) is 0.776. The Kier molecular flexibility index (Phi) is 4.72. The van der Waals surface area contributed by atoms with E-state index in [2.05, 4.69) is 16.9 Å². The van der Waals surface area contributed by atoms with Gasteiger partial charge in [0.2, 0.25) is 5.88 Å². The number of ether oxygens (including phenoxy) is 2. The van der Waals surface area contributed by atoms with Crippen LogP contribution in [0.3, 0.4) is 0 Å². The molecule has 5 heteroatoms. The molecule has 2 aliphatic carbocycles. The maximum absolute atomic E-state index is 6.36. The number of methoxy groups -OCH3 is 1. The Morgan fingerprint density at radius 3 is 2.83 bits per heavy atom. The first-order valence-corrected chi connectivity index (χ1v) is 10.0. The van der Waals surface area contributed by atoms with Crippen LogP contribution < -0.4 is 4.74 Å². The van der Waals surface area contributed by atoms with Crippen molar-refractivity contribution in [2.45, 2.75) is 76.4 Å². The molecular weight excluding hydrogens is 320 g/mol. The minimum absolute atomic E-state index is 0.281. The van der Waals surface area contributed by atoms with Crippen molar-refractivity contribution in [2.24, 2.45) is 0 Å². The fourth-order valence-electron chi connectivity index (χ4n) is 4.20. The van der Waals surface area contributed by atoms with Gasteiger partial charge in [-0.1, -0.05) is 6.42 Å². The molecule has 4 nitrogen and oxygen atoms in total. The fraction of sp³-hybridized carbons (Fsp3) is 0.684. The van der Waals surface area contributed by atoms with Gasteiger partial charge in [-0.3, -0.25) is 0 Å². The maximum atomic E-state index is 6.36. The summed E-state index contributed by atoms with van der Waals surface area (Å²) in [5.41, 5.74) is 1.45. The molecule has 0 amide bonds. The van der Waals surface area contributed by atoms with E-state index in [1.807, 2.05) is 11.3 Å². The molecule has 2 atom stereocenters. The highest BCUT2D eigenvalue weighted by Crippen LogP contribution is 2.47. The average molecular weight is 346 g/mol. The van der Waals surface area contributed by atoms with Crippen LogP contribution in [-0.2, 0) is 11.2 Å². The summed E-state index contributed by atoms with van der Waals surface area (Å²) < 4.78 is 11.9. The molecule has 1 saturated carbocycles. The molecule has 0 bridgehead atoms. The zero-order chi connectivity index (χ0) is 16.5. The normalized spacial score (nSPS) is 22.7. The summed E-state index contributed by atoms with van der Waals surface area (Å²) in [6.07, 6.45) is 11.9. The van der Waals surface area contributed by atoms with E-state index in [-0.39, 0.29) is 6.10 Å². The smallest absolute Gasteiger partial charge is 0.225 e. The first kappa shape index (κ1) is 16.3. The highest BCUT2D eigenvalue weighted by molar-refractivity contribution is 7.19. The summed E-state index contributed by atoms with van der Waals surface area (Å²) in [6.45, 7) is 2.16. The highest BCUT2D eigenvalue weighted by Gasteiger charge is 2.31. The number of hydrogen-bond acceptors (Lipinski definition) is 5. The van der Waals surface area contributed by atoms with Crippen molar-refractivity contribution in [2.75, 3.05) is 7.11 Å². The molecule has 0 saturated heterocycles. The summed E-state index contributed by atoms with van der Waals surface area (Å²) >= 11 is 1.83.